The maximum Gasteiger partial charge on any atom is 0.260 e. The first-order chi connectivity index (χ1) is 11.8. The minimum absolute atomic E-state index is 0.0475. The van der Waals surface area contributed by atoms with Crippen LogP contribution in [0.4, 0.5) is 8.78 Å². The highest BCUT2D eigenvalue weighted by atomic mass is 32.2. The molecule has 1 aliphatic heterocycles. The van der Waals surface area contributed by atoms with Gasteiger partial charge in [0.25, 0.3) is 10.0 Å². The number of benzene rings is 1. The lowest BCUT2D eigenvalue weighted by atomic mass is 9.89. The number of piperidine rings is 1. The van der Waals surface area contributed by atoms with Crippen molar-refractivity contribution in [3.8, 4) is 0 Å². The molecule has 0 spiro atoms. The van der Waals surface area contributed by atoms with Crippen LogP contribution < -0.4 is 0 Å². The second-order valence-electron chi connectivity index (χ2n) is 6.42. The Hall–Kier alpha value is -1.80. The molecule has 0 amide bonds. The van der Waals surface area contributed by atoms with Crippen LogP contribution in [-0.4, -0.2) is 35.6 Å². The van der Waals surface area contributed by atoms with Crippen molar-refractivity contribution in [3.05, 3.63) is 47.4 Å². The summed E-state index contributed by atoms with van der Waals surface area (Å²) in [7, 11) is -2.08. The number of aromatic nitrogens is 2. The van der Waals surface area contributed by atoms with Crippen LogP contribution in [0.2, 0.25) is 0 Å². The van der Waals surface area contributed by atoms with Gasteiger partial charge in [-0.3, -0.25) is 4.68 Å². The summed E-state index contributed by atoms with van der Waals surface area (Å²) in [6, 6.07) is 5.82. The van der Waals surface area contributed by atoms with E-state index in [1.807, 2.05) is 0 Å². The molecule has 1 atom stereocenters. The molecule has 25 heavy (non-hydrogen) atoms. The van der Waals surface area contributed by atoms with Crippen molar-refractivity contribution in [3.63, 3.8) is 0 Å². The van der Waals surface area contributed by atoms with E-state index in [0.29, 0.717) is 18.4 Å². The molecule has 3 rings (SSSR count). The van der Waals surface area contributed by atoms with Crippen LogP contribution in [0.25, 0.3) is 0 Å². The van der Waals surface area contributed by atoms with E-state index in [1.165, 1.54) is 33.4 Å². The molecule has 136 valence electrons. The van der Waals surface area contributed by atoms with E-state index in [4.69, 9.17) is 0 Å². The van der Waals surface area contributed by atoms with Crippen LogP contribution in [0.3, 0.4) is 0 Å². The molecule has 2 heterocycles. The molecule has 1 saturated heterocycles. The number of alkyl halides is 1. The van der Waals surface area contributed by atoms with Crippen molar-refractivity contribution in [2.24, 2.45) is 13.0 Å². The second kappa shape index (κ2) is 6.84. The Labute approximate surface area is 146 Å². The number of nitrogens with zero attached hydrogens (tertiary/aromatic N) is 3. The summed E-state index contributed by atoms with van der Waals surface area (Å²) in [4.78, 5) is 0. The zero-order valence-electron chi connectivity index (χ0n) is 14.2. The van der Waals surface area contributed by atoms with E-state index < -0.39 is 27.9 Å². The summed E-state index contributed by atoms with van der Waals surface area (Å²) < 4.78 is 56.8. The molecule has 8 heteroatoms. The quantitative estimate of drug-likeness (QED) is 0.833. The molecule has 2 aromatic rings. The molecular formula is C17H21F2N3O2S. The third-order valence-electron chi connectivity index (χ3n) is 4.75. The van der Waals surface area contributed by atoms with Crippen LogP contribution in [0.5, 0.6) is 0 Å². The highest BCUT2D eigenvalue weighted by molar-refractivity contribution is 7.89. The Morgan fingerprint density at radius 1 is 1.24 bits per heavy atom. The number of halogens is 2. The molecule has 5 nitrogen and oxygen atoms in total. The van der Waals surface area contributed by atoms with Crippen molar-refractivity contribution in [2.45, 2.75) is 31.0 Å². The van der Waals surface area contributed by atoms with Gasteiger partial charge in [0.15, 0.2) is 5.03 Å². The normalized spacial score (nSPS) is 18.4. The molecule has 0 radical (unpaired) electrons. The lowest BCUT2D eigenvalue weighted by molar-refractivity contribution is 0.156. The van der Waals surface area contributed by atoms with Gasteiger partial charge in [0, 0.05) is 31.3 Å². The molecule has 1 aromatic heterocycles. The Morgan fingerprint density at radius 3 is 2.44 bits per heavy atom. The lowest BCUT2D eigenvalue weighted by Crippen LogP contribution is -2.40. The van der Waals surface area contributed by atoms with Crippen molar-refractivity contribution >= 4 is 10.0 Å². The predicted octanol–water partition coefficient (Wildman–Crippen LogP) is 2.98. The van der Waals surface area contributed by atoms with Gasteiger partial charge in [-0.25, -0.2) is 17.2 Å². The smallest absolute Gasteiger partial charge is 0.256 e. The Kier molecular flexibility index (Phi) is 4.92. The average Bonchev–Trinajstić information content (AvgIpc) is 2.94. The predicted molar refractivity (Wildman–Crippen MR) is 89.7 cm³/mol. The van der Waals surface area contributed by atoms with Crippen LogP contribution in [0, 0.1) is 18.7 Å². The van der Waals surface area contributed by atoms with Crippen molar-refractivity contribution in [1.82, 2.24) is 14.1 Å². The van der Waals surface area contributed by atoms with Crippen molar-refractivity contribution < 1.29 is 17.2 Å². The van der Waals surface area contributed by atoms with Gasteiger partial charge in [-0.1, -0.05) is 18.2 Å². The molecule has 0 bridgehead atoms. The van der Waals surface area contributed by atoms with E-state index in [2.05, 4.69) is 5.10 Å². The van der Waals surface area contributed by atoms with Gasteiger partial charge >= 0.3 is 0 Å². The highest BCUT2D eigenvalue weighted by Gasteiger charge is 2.35. The molecule has 0 aliphatic carbocycles. The SMILES string of the molecule is Cc1cnn(C)c1S(=O)(=O)N1CCC(C(F)c2ccccc2F)CC1. The van der Waals surface area contributed by atoms with E-state index >= 15 is 0 Å². The van der Waals surface area contributed by atoms with Gasteiger partial charge in [0.05, 0.1) is 6.20 Å². The maximum atomic E-state index is 14.7. The molecule has 1 fully saturated rings. The highest BCUT2D eigenvalue weighted by Crippen LogP contribution is 2.36. The van der Waals surface area contributed by atoms with Crippen LogP contribution in [0.1, 0.15) is 30.1 Å². The molecule has 0 N–H and O–H groups in total. The fourth-order valence-electron chi connectivity index (χ4n) is 3.39. The molecule has 1 aliphatic rings. The van der Waals surface area contributed by atoms with E-state index in [1.54, 1.807) is 20.0 Å². The summed E-state index contributed by atoms with van der Waals surface area (Å²) >= 11 is 0. The Bertz CT molecular complexity index is 839. The molecule has 1 aromatic carbocycles. The van der Waals surface area contributed by atoms with Gasteiger partial charge < -0.3 is 0 Å². The summed E-state index contributed by atoms with van der Waals surface area (Å²) in [5, 5.41) is 4.14. The minimum Gasteiger partial charge on any atom is -0.256 e. The zero-order chi connectivity index (χ0) is 18.2. The lowest BCUT2D eigenvalue weighted by Gasteiger charge is -2.33. The minimum atomic E-state index is -3.66. The summed E-state index contributed by atoms with van der Waals surface area (Å²) in [5.74, 6) is -0.952. The van der Waals surface area contributed by atoms with E-state index in [0.717, 1.165) is 0 Å². The first-order valence-corrected chi connectivity index (χ1v) is 9.63. The number of aryl methyl sites for hydroxylation is 2. The standard InChI is InChI=1S/C17H21F2N3O2S/c1-12-11-20-21(2)17(12)25(23,24)22-9-7-13(8-10-22)16(19)14-5-3-4-6-15(14)18/h3-6,11,13,16H,7-10H2,1-2H3. The van der Waals surface area contributed by atoms with Crippen LogP contribution in [-0.2, 0) is 17.1 Å². The maximum absolute atomic E-state index is 14.7. The first kappa shape index (κ1) is 18.0. The number of hydrogen-bond donors (Lipinski definition) is 0. The van der Waals surface area contributed by atoms with Crippen LogP contribution in [0.15, 0.2) is 35.5 Å². The summed E-state index contributed by atoms with van der Waals surface area (Å²) in [6.07, 6.45) is 0.789. The van der Waals surface area contributed by atoms with E-state index in [9.17, 15) is 17.2 Å². The molecular weight excluding hydrogens is 348 g/mol. The third-order valence-corrected chi connectivity index (χ3v) is 6.87. The summed E-state index contributed by atoms with van der Waals surface area (Å²) in [5.41, 5.74) is 0.630. The topological polar surface area (TPSA) is 55.2 Å². The average molecular weight is 369 g/mol. The van der Waals surface area contributed by atoms with Gasteiger partial charge in [-0.15, -0.1) is 0 Å². The van der Waals surface area contributed by atoms with Crippen LogP contribution >= 0.6 is 0 Å². The summed E-state index contributed by atoms with van der Waals surface area (Å²) in [6.45, 7) is 2.13. The fourth-order valence-corrected chi connectivity index (χ4v) is 5.17. The van der Waals surface area contributed by atoms with Gasteiger partial charge in [-0.05, 0) is 31.7 Å². The van der Waals surface area contributed by atoms with Gasteiger partial charge in [0.1, 0.15) is 12.0 Å². The molecule has 1 unspecified atom stereocenters. The third kappa shape index (κ3) is 3.32. The number of hydrogen-bond acceptors (Lipinski definition) is 3. The molecule has 0 saturated carbocycles. The fraction of sp³-hybridized carbons (Fsp3) is 0.471. The van der Waals surface area contributed by atoms with Gasteiger partial charge in [-0.2, -0.15) is 9.40 Å². The first-order valence-electron chi connectivity index (χ1n) is 8.19. The Morgan fingerprint density at radius 2 is 1.88 bits per heavy atom. The monoisotopic (exact) mass is 369 g/mol. The number of sulfonamides is 1. The largest absolute Gasteiger partial charge is 0.260 e. The van der Waals surface area contributed by atoms with Crippen molar-refractivity contribution in [1.29, 1.82) is 0 Å². The number of rotatable bonds is 4. The second-order valence-corrected chi connectivity index (χ2v) is 8.27. The zero-order valence-corrected chi connectivity index (χ0v) is 15.0. The van der Waals surface area contributed by atoms with Crippen molar-refractivity contribution in [2.75, 3.05) is 13.1 Å². The Balaban J connectivity index is 1.73. The van der Waals surface area contributed by atoms with Gasteiger partial charge in [0.2, 0.25) is 0 Å². The van der Waals surface area contributed by atoms with E-state index in [-0.39, 0.29) is 23.7 Å².